The molecule has 0 saturated heterocycles. The smallest absolute Gasteiger partial charge is 0.289 e. The third-order valence-corrected chi connectivity index (χ3v) is 2.10. The molecule has 1 nitrogen and oxygen atoms in total. The minimum Gasteiger partial charge on any atom is -0.289 e. The van der Waals surface area contributed by atoms with Gasteiger partial charge in [0.2, 0.25) is 0 Å². The fourth-order valence-electron chi connectivity index (χ4n) is 1.28. The van der Waals surface area contributed by atoms with Gasteiger partial charge in [0.15, 0.2) is 5.78 Å². The van der Waals surface area contributed by atoms with Crippen LogP contribution in [0.3, 0.4) is 0 Å². The summed E-state index contributed by atoms with van der Waals surface area (Å²) in [5.41, 5.74) is -3.80. The van der Waals surface area contributed by atoms with E-state index in [1.165, 1.54) is 0 Å². The first-order valence-electron chi connectivity index (χ1n) is 4.52. The van der Waals surface area contributed by atoms with Gasteiger partial charge in [0.1, 0.15) is 0 Å². The number of benzene rings is 1. The minimum absolute atomic E-state index is 0.173. The molecule has 1 aromatic carbocycles. The molecular formula is C11H6F6O. The van der Waals surface area contributed by atoms with Crippen LogP contribution in [0.5, 0.6) is 0 Å². The van der Waals surface area contributed by atoms with Crippen molar-refractivity contribution in [3.05, 3.63) is 47.5 Å². The van der Waals surface area contributed by atoms with Gasteiger partial charge in [0, 0.05) is 5.56 Å². The second-order valence-electron chi connectivity index (χ2n) is 3.32. The second kappa shape index (κ2) is 4.47. The lowest BCUT2D eigenvalue weighted by molar-refractivity contribution is -0.141. The molecular weight excluding hydrogens is 262 g/mol. The standard InChI is InChI=1S/C11H6F6O/c1-2-9(18)7-5-6(10(12,13)14)3-4-8(7)11(15,16)17/h2-5H,1H2. The molecule has 0 saturated carbocycles. The Balaban J connectivity index is 3.49. The maximum absolute atomic E-state index is 12.5. The molecule has 0 aromatic heterocycles. The zero-order chi connectivity index (χ0) is 14.1. The molecule has 0 atom stereocenters. The summed E-state index contributed by atoms with van der Waals surface area (Å²) in [5.74, 6) is -1.21. The van der Waals surface area contributed by atoms with Gasteiger partial charge in [0.05, 0.1) is 11.1 Å². The molecule has 0 spiro atoms. The Bertz CT molecular complexity index is 483. The van der Waals surface area contributed by atoms with Crippen LogP contribution in [0.4, 0.5) is 26.3 Å². The number of carbonyl (C=O) groups is 1. The highest BCUT2D eigenvalue weighted by molar-refractivity contribution is 6.05. The van der Waals surface area contributed by atoms with Gasteiger partial charge in [0.25, 0.3) is 0 Å². The Morgan fingerprint density at radius 1 is 1.06 bits per heavy atom. The summed E-state index contributed by atoms with van der Waals surface area (Å²) in [6.45, 7) is 2.95. The Hall–Kier alpha value is -1.79. The third-order valence-electron chi connectivity index (χ3n) is 2.10. The number of allylic oxidation sites excluding steroid dienone is 1. The van der Waals surface area contributed by atoms with Crippen LogP contribution in [-0.4, -0.2) is 5.78 Å². The average Bonchev–Trinajstić information content (AvgIpc) is 2.24. The zero-order valence-electron chi connectivity index (χ0n) is 8.69. The summed E-state index contributed by atoms with van der Waals surface area (Å²) in [6, 6.07) is 0.690. The van der Waals surface area contributed by atoms with Crippen LogP contribution >= 0.6 is 0 Å². The number of hydrogen-bond donors (Lipinski definition) is 0. The summed E-state index contributed by atoms with van der Waals surface area (Å²) < 4.78 is 74.6. The highest BCUT2D eigenvalue weighted by atomic mass is 19.4. The van der Waals surface area contributed by atoms with Crippen LogP contribution in [0.2, 0.25) is 0 Å². The molecule has 0 unspecified atom stereocenters. The van der Waals surface area contributed by atoms with Gasteiger partial charge in [-0.2, -0.15) is 26.3 Å². The van der Waals surface area contributed by atoms with Crippen molar-refractivity contribution in [2.75, 3.05) is 0 Å². The van der Waals surface area contributed by atoms with Gasteiger partial charge in [-0.3, -0.25) is 4.79 Å². The van der Waals surface area contributed by atoms with Crippen molar-refractivity contribution in [2.45, 2.75) is 12.4 Å². The lowest BCUT2D eigenvalue weighted by Crippen LogP contribution is -2.15. The molecule has 0 N–H and O–H groups in total. The van der Waals surface area contributed by atoms with Crippen LogP contribution in [0.1, 0.15) is 21.5 Å². The van der Waals surface area contributed by atoms with E-state index < -0.39 is 34.8 Å². The number of halogens is 6. The van der Waals surface area contributed by atoms with Crippen LogP contribution in [0.15, 0.2) is 30.9 Å². The molecule has 0 bridgehead atoms. The van der Waals surface area contributed by atoms with Crippen LogP contribution < -0.4 is 0 Å². The molecule has 98 valence electrons. The number of rotatable bonds is 2. The van der Waals surface area contributed by atoms with Gasteiger partial charge in [-0.05, 0) is 24.3 Å². The average molecular weight is 268 g/mol. The number of hydrogen-bond acceptors (Lipinski definition) is 1. The molecule has 18 heavy (non-hydrogen) atoms. The fraction of sp³-hybridized carbons (Fsp3) is 0.182. The quantitative estimate of drug-likeness (QED) is 0.448. The second-order valence-corrected chi connectivity index (χ2v) is 3.32. The third kappa shape index (κ3) is 2.91. The minimum atomic E-state index is -4.90. The Morgan fingerprint density at radius 3 is 2.00 bits per heavy atom. The number of alkyl halides is 6. The first-order valence-corrected chi connectivity index (χ1v) is 4.52. The molecule has 0 aliphatic rings. The summed E-state index contributed by atoms with van der Waals surface area (Å²) in [4.78, 5) is 11.2. The Morgan fingerprint density at radius 2 is 1.61 bits per heavy atom. The van der Waals surface area contributed by atoms with Crippen LogP contribution in [0, 0.1) is 0 Å². The lowest BCUT2D eigenvalue weighted by Gasteiger charge is -2.14. The predicted octanol–water partition coefficient (Wildman–Crippen LogP) is 4.09. The van der Waals surface area contributed by atoms with E-state index in [4.69, 9.17) is 0 Å². The van der Waals surface area contributed by atoms with Crippen molar-refractivity contribution in [3.8, 4) is 0 Å². The van der Waals surface area contributed by atoms with E-state index in [0.717, 1.165) is 0 Å². The van der Waals surface area contributed by atoms with E-state index in [9.17, 15) is 31.1 Å². The van der Waals surface area contributed by atoms with Crippen molar-refractivity contribution in [1.29, 1.82) is 0 Å². The summed E-state index contributed by atoms with van der Waals surface area (Å²) in [6.07, 6.45) is -9.19. The highest BCUT2D eigenvalue weighted by Crippen LogP contribution is 2.36. The molecule has 0 aliphatic carbocycles. The van der Waals surface area contributed by atoms with Gasteiger partial charge in [-0.25, -0.2) is 0 Å². The summed E-state index contributed by atoms with van der Waals surface area (Å²) in [7, 11) is 0. The van der Waals surface area contributed by atoms with E-state index in [1.807, 2.05) is 0 Å². The maximum atomic E-state index is 12.5. The van der Waals surface area contributed by atoms with Gasteiger partial charge in [-0.15, -0.1) is 0 Å². The molecule has 1 rings (SSSR count). The Kier molecular flexibility index (Phi) is 3.54. The van der Waals surface area contributed by atoms with Gasteiger partial charge >= 0.3 is 12.4 Å². The van der Waals surface area contributed by atoms with Gasteiger partial charge in [-0.1, -0.05) is 6.58 Å². The van der Waals surface area contributed by atoms with Gasteiger partial charge < -0.3 is 0 Å². The van der Waals surface area contributed by atoms with Crippen LogP contribution in [0.25, 0.3) is 0 Å². The Labute approximate surface area is 97.7 Å². The van der Waals surface area contributed by atoms with Crippen molar-refractivity contribution in [3.63, 3.8) is 0 Å². The summed E-state index contributed by atoms with van der Waals surface area (Å²) >= 11 is 0. The van der Waals surface area contributed by atoms with E-state index in [2.05, 4.69) is 6.58 Å². The number of carbonyl (C=O) groups excluding carboxylic acids is 1. The normalized spacial score (nSPS) is 12.3. The molecule has 0 fully saturated rings. The molecule has 0 aliphatic heterocycles. The topological polar surface area (TPSA) is 17.1 Å². The lowest BCUT2D eigenvalue weighted by atomic mass is 9.99. The summed E-state index contributed by atoms with van der Waals surface area (Å²) in [5, 5.41) is 0. The maximum Gasteiger partial charge on any atom is 0.417 e. The van der Waals surface area contributed by atoms with Crippen molar-refractivity contribution < 1.29 is 31.1 Å². The molecule has 0 heterocycles. The van der Waals surface area contributed by atoms with Crippen molar-refractivity contribution in [1.82, 2.24) is 0 Å². The number of ketones is 1. The van der Waals surface area contributed by atoms with Crippen molar-refractivity contribution in [2.24, 2.45) is 0 Å². The molecule has 0 amide bonds. The highest BCUT2D eigenvalue weighted by Gasteiger charge is 2.38. The molecule has 1 aromatic rings. The van der Waals surface area contributed by atoms with E-state index in [-0.39, 0.29) is 18.2 Å². The SMILES string of the molecule is C=CC(=O)c1cc(C(F)(F)F)ccc1C(F)(F)F. The fourth-order valence-corrected chi connectivity index (χ4v) is 1.28. The predicted molar refractivity (Wildman–Crippen MR) is 51.0 cm³/mol. The monoisotopic (exact) mass is 268 g/mol. The first kappa shape index (κ1) is 14.3. The largest absolute Gasteiger partial charge is 0.417 e. The molecule has 7 heteroatoms. The van der Waals surface area contributed by atoms with E-state index in [0.29, 0.717) is 6.08 Å². The zero-order valence-corrected chi connectivity index (χ0v) is 8.69. The molecule has 0 radical (unpaired) electrons. The van der Waals surface area contributed by atoms with Crippen LogP contribution in [-0.2, 0) is 12.4 Å². The van der Waals surface area contributed by atoms with Crippen molar-refractivity contribution >= 4 is 5.78 Å². The first-order chi connectivity index (χ1) is 8.07. The van der Waals surface area contributed by atoms with E-state index >= 15 is 0 Å². The van der Waals surface area contributed by atoms with E-state index in [1.54, 1.807) is 0 Å².